The first kappa shape index (κ1) is 30.6. The first-order valence-electron chi connectivity index (χ1n) is 13.6. The van der Waals surface area contributed by atoms with Crippen LogP contribution in [-0.2, 0) is 18.9 Å². The van der Waals surface area contributed by atoms with E-state index in [0.29, 0.717) is 42.9 Å². The van der Waals surface area contributed by atoms with Crippen LogP contribution < -0.4 is 0 Å². The molecule has 0 bridgehead atoms. The fraction of sp³-hybridized carbons (Fsp3) is 0.406. The van der Waals surface area contributed by atoms with Gasteiger partial charge in [0.25, 0.3) is 5.91 Å². The lowest BCUT2D eigenvalue weighted by molar-refractivity contribution is -0.138. The second kappa shape index (κ2) is 12.3. The first-order valence-corrected chi connectivity index (χ1v) is 13.6. The molecule has 0 unspecified atom stereocenters. The van der Waals surface area contributed by atoms with E-state index < -0.39 is 23.5 Å². The summed E-state index contributed by atoms with van der Waals surface area (Å²) in [6, 6.07) is 17.6. The minimum absolute atomic E-state index is 0.152. The summed E-state index contributed by atoms with van der Waals surface area (Å²) in [5.74, 6) is -0.571. The molecule has 0 saturated carbocycles. The lowest BCUT2D eigenvalue weighted by atomic mass is 9.87. The maximum absolute atomic E-state index is 13.6. The van der Waals surface area contributed by atoms with Crippen molar-refractivity contribution >= 4 is 5.91 Å². The van der Waals surface area contributed by atoms with Crippen molar-refractivity contribution in [2.75, 3.05) is 26.2 Å². The monoisotopic (exact) mass is 576 g/mol. The summed E-state index contributed by atoms with van der Waals surface area (Å²) < 4.78 is 80.6. The molecule has 0 aliphatic carbocycles. The average molecular weight is 577 g/mol. The van der Waals surface area contributed by atoms with Crippen LogP contribution in [0.15, 0.2) is 72.8 Å². The number of likely N-dealkylation sites (tertiary alicyclic amines) is 1. The van der Waals surface area contributed by atoms with Crippen molar-refractivity contribution < 1.29 is 31.1 Å². The Labute approximate surface area is 236 Å². The Morgan fingerprint density at radius 1 is 0.878 bits per heavy atom. The van der Waals surface area contributed by atoms with E-state index in [0.717, 1.165) is 29.8 Å². The van der Waals surface area contributed by atoms with E-state index in [4.69, 9.17) is 0 Å². The molecule has 0 spiro atoms. The highest BCUT2D eigenvalue weighted by atomic mass is 19.4. The van der Waals surface area contributed by atoms with Crippen LogP contribution in [0.25, 0.3) is 0 Å². The van der Waals surface area contributed by atoms with E-state index in [1.807, 2.05) is 37.8 Å². The molecule has 4 rings (SSSR count). The van der Waals surface area contributed by atoms with Gasteiger partial charge in [-0.3, -0.25) is 9.69 Å². The number of alkyl halides is 6. The summed E-state index contributed by atoms with van der Waals surface area (Å²) in [6.07, 6.45) is -8.98. The Morgan fingerprint density at radius 3 is 2.10 bits per heavy atom. The molecule has 3 nitrogen and oxygen atoms in total. The Morgan fingerprint density at radius 2 is 1.49 bits per heavy atom. The third-order valence-corrected chi connectivity index (χ3v) is 7.45. The molecule has 1 aliphatic rings. The second-order valence-corrected chi connectivity index (χ2v) is 11.4. The van der Waals surface area contributed by atoms with Gasteiger partial charge in [-0.05, 0) is 54.2 Å². The van der Waals surface area contributed by atoms with Crippen LogP contribution in [0.1, 0.15) is 57.9 Å². The normalized spacial score (nSPS) is 18.2. The lowest BCUT2D eigenvalue weighted by Gasteiger charge is -2.30. The van der Waals surface area contributed by atoms with Crippen LogP contribution in [0.2, 0.25) is 0 Å². The summed E-state index contributed by atoms with van der Waals surface area (Å²) >= 11 is 0. The third-order valence-electron chi connectivity index (χ3n) is 7.45. The number of rotatable bonds is 8. The van der Waals surface area contributed by atoms with Crippen LogP contribution in [0, 0.1) is 18.8 Å². The molecule has 0 aromatic heterocycles. The summed E-state index contributed by atoms with van der Waals surface area (Å²) in [6.45, 7) is 7.69. The molecule has 1 amide bonds. The predicted octanol–water partition coefficient (Wildman–Crippen LogP) is 8.05. The van der Waals surface area contributed by atoms with Crippen molar-refractivity contribution in [1.82, 2.24) is 9.80 Å². The standard InChI is InChI=1S/C32H34F6N2O/c1-21(2)16-40(30(41)24-12-10-22(3)11-13-24)19-26-18-39(17-23-6-4-8-27(14-23)31(33,34)35)20-29(26)25-7-5-9-28(15-25)32(36,37)38/h4-15,21,26,29H,16-20H2,1-3H3/t26-,29-/m1/s1. The van der Waals surface area contributed by atoms with Gasteiger partial charge in [-0.15, -0.1) is 0 Å². The molecular weight excluding hydrogens is 542 g/mol. The number of benzene rings is 3. The largest absolute Gasteiger partial charge is 0.416 e. The van der Waals surface area contributed by atoms with E-state index in [9.17, 15) is 31.1 Å². The number of aryl methyl sites for hydroxylation is 1. The van der Waals surface area contributed by atoms with E-state index in [1.54, 1.807) is 29.2 Å². The molecule has 3 aromatic rings. The van der Waals surface area contributed by atoms with Gasteiger partial charge in [-0.2, -0.15) is 26.3 Å². The fourth-order valence-corrected chi connectivity index (χ4v) is 5.55. The highest BCUT2D eigenvalue weighted by molar-refractivity contribution is 5.94. The fourth-order valence-electron chi connectivity index (χ4n) is 5.55. The summed E-state index contributed by atoms with van der Waals surface area (Å²) in [5.41, 5.74) is 1.03. The van der Waals surface area contributed by atoms with Gasteiger partial charge in [0.2, 0.25) is 0 Å². The summed E-state index contributed by atoms with van der Waals surface area (Å²) in [4.78, 5) is 17.3. The van der Waals surface area contributed by atoms with Gasteiger partial charge in [-0.25, -0.2) is 0 Å². The Kier molecular flexibility index (Phi) is 9.16. The zero-order valence-electron chi connectivity index (χ0n) is 23.3. The van der Waals surface area contributed by atoms with Gasteiger partial charge in [0, 0.05) is 44.2 Å². The van der Waals surface area contributed by atoms with Crippen molar-refractivity contribution in [1.29, 1.82) is 0 Å². The number of carbonyl (C=O) groups excluding carboxylic acids is 1. The number of halogens is 6. The van der Waals surface area contributed by atoms with E-state index in [2.05, 4.69) is 0 Å². The number of hydrogen-bond donors (Lipinski definition) is 0. The maximum Gasteiger partial charge on any atom is 0.416 e. The van der Waals surface area contributed by atoms with Crippen LogP contribution in [0.5, 0.6) is 0 Å². The Balaban J connectivity index is 1.64. The van der Waals surface area contributed by atoms with Gasteiger partial charge in [0.15, 0.2) is 0 Å². The number of nitrogens with zero attached hydrogens (tertiary/aromatic N) is 2. The molecule has 1 saturated heterocycles. The number of carbonyl (C=O) groups is 1. The quantitative estimate of drug-likeness (QED) is 0.254. The Bertz CT molecular complexity index is 1330. The van der Waals surface area contributed by atoms with Crippen LogP contribution in [0.3, 0.4) is 0 Å². The smallest absolute Gasteiger partial charge is 0.338 e. The number of hydrogen-bond acceptors (Lipinski definition) is 2. The average Bonchev–Trinajstić information content (AvgIpc) is 3.29. The van der Waals surface area contributed by atoms with Crippen molar-refractivity contribution in [2.24, 2.45) is 11.8 Å². The molecule has 0 N–H and O–H groups in total. The summed E-state index contributed by atoms with van der Waals surface area (Å²) in [7, 11) is 0. The van der Waals surface area contributed by atoms with Gasteiger partial charge in [0.05, 0.1) is 11.1 Å². The SMILES string of the molecule is Cc1ccc(C(=O)N(CC(C)C)C[C@H]2CN(Cc3cccc(C(F)(F)F)c3)C[C@@H]2c2cccc(C(F)(F)F)c2)cc1. The highest BCUT2D eigenvalue weighted by Crippen LogP contribution is 2.38. The van der Waals surface area contributed by atoms with Gasteiger partial charge < -0.3 is 4.90 Å². The molecule has 2 atom stereocenters. The molecule has 1 fully saturated rings. The van der Waals surface area contributed by atoms with Crippen molar-refractivity contribution in [3.63, 3.8) is 0 Å². The van der Waals surface area contributed by atoms with E-state index >= 15 is 0 Å². The molecular formula is C32H34F6N2O. The van der Waals surface area contributed by atoms with Gasteiger partial charge in [-0.1, -0.05) is 67.9 Å². The van der Waals surface area contributed by atoms with Crippen LogP contribution in [0.4, 0.5) is 26.3 Å². The maximum atomic E-state index is 13.6. The van der Waals surface area contributed by atoms with E-state index in [-0.39, 0.29) is 30.2 Å². The van der Waals surface area contributed by atoms with Crippen LogP contribution >= 0.6 is 0 Å². The molecule has 220 valence electrons. The molecule has 3 aromatic carbocycles. The molecule has 0 radical (unpaired) electrons. The van der Waals surface area contributed by atoms with Crippen molar-refractivity contribution in [2.45, 2.75) is 45.6 Å². The Hall–Kier alpha value is -3.33. The second-order valence-electron chi connectivity index (χ2n) is 11.4. The van der Waals surface area contributed by atoms with E-state index in [1.165, 1.54) is 12.1 Å². The molecule has 9 heteroatoms. The molecule has 41 heavy (non-hydrogen) atoms. The molecule has 1 aliphatic heterocycles. The van der Waals surface area contributed by atoms with Gasteiger partial charge in [0.1, 0.15) is 0 Å². The topological polar surface area (TPSA) is 23.6 Å². The van der Waals surface area contributed by atoms with Gasteiger partial charge >= 0.3 is 12.4 Å². The first-order chi connectivity index (χ1) is 19.2. The van der Waals surface area contributed by atoms with Crippen molar-refractivity contribution in [3.05, 3.63) is 106 Å². The minimum atomic E-state index is -4.51. The summed E-state index contributed by atoms with van der Waals surface area (Å²) in [5, 5.41) is 0. The van der Waals surface area contributed by atoms with Crippen molar-refractivity contribution in [3.8, 4) is 0 Å². The van der Waals surface area contributed by atoms with Crippen LogP contribution in [-0.4, -0.2) is 41.9 Å². The lowest BCUT2D eigenvalue weighted by Crippen LogP contribution is -2.39. The minimum Gasteiger partial charge on any atom is -0.338 e. The highest BCUT2D eigenvalue weighted by Gasteiger charge is 2.38. The predicted molar refractivity (Wildman–Crippen MR) is 146 cm³/mol. The zero-order chi connectivity index (χ0) is 29.9. The zero-order valence-corrected chi connectivity index (χ0v) is 23.3. The third kappa shape index (κ3) is 7.91. The molecule has 1 heterocycles. The number of amides is 1.